The number of aryl methyl sites for hydroxylation is 2. The van der Waals surface area contributed by atoms with E-state index in [1.807, 2.05) is 0 Å². The van der Waals surface area contributed by atoms with Gasteiger partial charge in [-0.3, -0.25) is 4.79 Å². The van der Waals surface area contributed by atoms with Crippen LogP contribution in [0, 0.1) is 19.8 Å². The molecule has 1 aliphatic heterocycles. The highest BCUT2D eigenvalue weighted by molar-refractivity contribution is 5.82. The van der Waals surface area contributed by atoms with E-state index in [9.17, 15) is 4.79 Å². The van der Waals surface area contributed by atoms with Gasteiger partial charge < -0.3 is 4.74 Å². The number of benzene rings is 1. The minimum Gasteiger partial charge on any atom is -0.380 e. The smallest absolute Gasteiger partial charge is 0.140 e. The summed E-state index contributed by atoms with van der Waals surface area (Å²) in [6.07, 6.45) is 1.41. The van der Waals surface area contributed by atoms with Crippen molar-refractivity contribution in [3.63, 3.8) is 0 Å². The molecule has 0 aromatic heterocycles. The molecule has 1 saturated heterocycles. The number of Topliss-reactive ketones (excluding diaryl/α,β-unsaturated/α-hetero) is 1. The van der Waals surface area contributed by atoms with Crippen LogP contribution in [0.3, 0.4) is 0 Å². The predicted octanol–water partition coefficient (Wildman–Crippen LogP) is 2.45. The highest BCUT2D eigenvalue weighted by atomic mass is 16.5. The molecular formula is C14H18O2. The molecule has 86 valence electrons. The molecule has 1 unspecified atom stereocenters. The van der Waals surface area contributed by atoms with Crippen molar-refractivity contribution in [2.75, 3.05) is 13.2 Å². The molecule has 1 heterocycles. The van der Waals surface area contributed by atoms with Crippen LogP contribution in [0.1, 0.15) is 23.1 Å². The summed E-state index contributed by atoms with van der Waals surface area (Å²) < 4.78 is 5.38. The van der Waals surface area contributed by atoms with E-state index in [2.05, 4.69) is 32.0 Å². The zero-order chi connectivity index (χ0) is 11.5. The number of ketones is 1. The molecule has 0 aliphatic carbocycles. The summed E-state index contributed by atoms with van der Waals surface area (Å²) in [5.74, 6) is 0.419. The number of carbonyl (C=O) groups is 1. The first kappa shape index (κ1) is 11.3. The van der Waals surface area contributed by atoms with Crippen molar-refractivity contribution in [3.05, 3.63) is 34.9 Å². The Morgan fingerprint density at radius 1 is 1.31 bits per heavy atom. The molecule has 0 radical (unpaired) electrons. The fraction of sp³-hybridized carbons (Fsp3) is 0.500. The van der Waals surface area contributed by atoms with Gasteiger partial charge in [-0.15, -0.1) is 0 Å². The highest BCUT2D eigenvalue weighted by Gasteiger charge is 2.23. The Hall–Kier alpha value is -1.15. The third kappa shape index (κ3) is 2.33. The largest absolute Gasteiger partial charge is 0.380 e. The van der Waals surface area contributed by atoms with Crippen molar-refractivity contribution in [1.29, 1.82) is 0 Å². The summed E-state index contributed by atoms with van der Waals surface area (Å²) >= 11 is 0. The summed E-state index contributed by atoms with van der Waals surface area (Å²) in [5.41, 5.74) is 3.86. The lowest BCUT2D eigenvalue weighted by Gasteiger charge is -2.22. The normalized spacial score (nSPS) is 21.1. The minimum absolute atomic E-state index is 0.0635. The van der Waals surface area contributed by atoms with Gasteiger partial charge in [-0.2, -0.15) is 0 Å². The lowest BCUT2D eigenvalue weighted by Crippen LogP contribution is -2.29. The van der Waals surface area contributed by atoms with Crippen LogP contribution in [0.15, 0.2) is 18.2 Å². The molecule has 2 heteroatoms. The standard InChI is InChI=1S/C14H18O2/c1-10-4-3-5-11(2)13(10)8-12-9-16-7-6-14(12)15/h3-5,12H,6-9H2,1-2H3. The van der Waals surface area contributed by atoms with Crippen LogP contribution in [0.2, 0.25) is 0 Å². The first-order valence-corrected chi connectivity index (χ1v) is 5.84. The van der Waals surface area contributed by atoms with Gasteiger partial charge in [-0.05, 0) is 37.0 Å². The van der Waals surface area contributed by atoms with Crippen LogP contribution in [0.5, 0.6) is 0 Å². The maximum Gasteiger partial charge on any atom is 0.140 e. The molecule has 0 amide bonds. The Balaban J connectivity index is 2.16. The Bertz CT molecular complexity index is 375. The van der Waals surface area contributed by atoms with Crippen molar-refractivity contribution in [1.82, 2.24) is 0 Å². The average Bonchev–Trinajstić information content (AvgIpc) is 2.26. The van der Waals surface area contributed by atoms with Crippen LogP contribution in [0.25, 0.3) is 0 Å². The molecule has 1 aliphatic rings. The molecule has 1 aromatic carbocycles. The SMILES string of the molecule is Cc1cccc(C)c1CC1COCCC1=O. The quantitative estimate of drug-likeness (QED) is 0.762. The predicted molar refractivity (Wildman–Crippen MR) is 63.6 cm³/mol. The fourth-order valence-electron chi connectivity index (χ4n) is 2.29. The summed E-state index contributed by atoms with van der Waals surface area (Å²) in [6, 6.07) is 6.28. The molecule has 16 heavy (non-hydrogen) atoms. The Labute approximate surface area is 96.6 Å². The zero-order valence-electron chi connectivity index (χ0n) is 9.95. The van der Waals surface area contributed by atoms with Gasteiger partial charge in [-0.25, -0.2) is 0 Å². The lowest BCUT2D eigenvalue weighted by atomic mass is 9.89. The van der Waals surface area contributed by atoms with Gasteiger partial charge in [0.1, 0.15) is 5.78 Å². The van der Waals surface area contributed by atoms with Crippen molar-refractivity contribution in [2.45, 2.75) is 26.7 Å². The molecular weight excluding hydrogens is 200 g/mol. The monoisotopic (exact) mass is 218 g/mol. The van der Waals surface area contributed by atoms with Gasteiger partial charge in [0.15, 0.2) is 0 Å². The molecule has 2 nitrogen and oxygen atoms in total. The topological polar surface area (TPSA) is 26.3 Å². The Morgan fingerprint density at radius 2 is 2.00 bits per heavy atom. The summed E-state index contributed by atoms with van der Waals surface area (Å²) in [6.45, 7) is 5.40. The van der Waals surface area contributed by atoms with Gasteiger partial charge in [0.25, 0.3) is 0 Å². The highest BCUT2D eigenvalue weighted by Crippen LogP contribution is 2.21. The second kappa shape index (κ2) is 4.79. The van der Waals surface area contributed by atoms with E-state index in [0.29, 0.717) is 25.4 Å². The third-order valence-corrected chi connectivity index (χ3v) is 3.36. The fourth-order valence-corrected chi connectivity index (χ4v) is 2.29. The van der Waals surface area contributed by atoms with Crippen LogP contribution in [-0.4, -0.2) is 19.0 Å². The summed E-state index contributed by atoms with van der Waals surface area (Å²) in [7, 11) is 0. The summed E-state index contributed by atoms with van der Waals surface area (Å²) in [5, 5.41) is 0. The van der Waals surface area contributed by atoms with Crippen LogP contribution >= 0.6 is 0 Å². The van der Waals surface area contributed by atoms with E-state index >= 15 is 0 Å². The van der Waals surface area contributed by atoms with E-state index in [-0.39, 0.29) is 5.92 Å². The van der Waals surface area contributed by atoms with Gasteiger partial charge >= 0.3 is 0 Å². The van der Waals surface area contributed by atoms with E-state index < -0.39 is 0 Å². The molecule has 0 bridgehead atoms. The van der Waals surface area contributed by atoms with Crippen LogP contribution in [0.4, 0.5) is 0 Å². The molecule has 0 N–H and O–H groups in total. The van der Waals surface area contributed by atoms with Gasteiger partial charge in [0.2, 0.25) is 0 Å². The maximum atomic E-state index is 11.7. The second-order valence-electron chi connectivity index (χ2n) is 4.56. The van der Waals surface area contributed by atoms with Gasteiger partial charge in [-0.1, -0.05) is 18.2 Å². The minimum atomic E-state index is 0.0635. The Kier molecular flexibility index (Phi) is 3.39. The van der Waals surface area contributed by atoms with Gasteiger partial charge in [0, 0.05) is 12.3 Å². The molecule has 0 spiro atoms. The first-order chi connectivity index (χ1) is 7.68. The van der Waals surface area contributed by atoms with Crippen molar-refractivity contribution in [2.24, 2.45) is 5.92 Å². The molecule has 1 atom stereocenters. The van der Waals surface area contributed by atoms with E-state index in [0.717, 1.165) is 6.42 Å². The molecule has 2 rings (SSSR count). The number of ether oxygens (including phenoxy) is 1. The van der Waals surface area contributed by atoms with Gasteiger partial charge in [0.05, 0.1) is 13.2 Å². The zero-order valence-corrected chi connectivity index (χ0v) is 9.95. The number of rotatable bonds is 2. The lowest BCUT2D eigenvalue weighted by molar-refractivity contribution is -0.130. The van der Waals surface area contributed by atoms with Crippen molar-refractivity contribution < 1.29 is 9.53 Å². The number of hydrogen-bond donors (Lipinski definition) is 0. The second-order valence-corrected chi connectivity index (χ2v) is 4.56. The maximum absolute atomic E-state index is 11.7. The third-order valence-electron chi connectivity index (χ3n) is 3.36. The molecule has 0 saturated carbocycles. The van der Waals surface area contributed by atoms with Crippen molar-refractivity contribution >= 4 is 5.78 Å². The molecule has 1 aromatic rings. The van der Waals surface area contributed by atoms with Crippen LogP contribution < -0.4 is 0 Å². The average molecular weight is 218 g/mol. The molecule has 1 fully saturated rings. The van der Waals surface area contributed by atoms with Crippen molar-refractivity contribution in [3.8, 4) is 0 Å². The Morgan fingerprint density at radius 3 is 2.62 bits per heavy atom. The number of carbonyl (C=O) groups excluding carboxylic acids is 1. The van der Waals surface area contributed by atoms with E-state index in [1.165, 1.54) is 16.7 Å². The first-order valence-electron chi connectivity index (χ1n) is 5.84. The summed E-state index contributed by atoms with van der Waals surface area (Å²) in [4.78, 5) is 11.7. The van der Waals surface area contributed by atoms with Crippen LogP contribution in [-0.2, 0) is 16.0 Å². The van der Waals surface area contributed by atoms with E-state index in [1.54, 1.807) is 0 Å². The number of hydrogen-bond acceptors (Lipinski definition) is 2. The van der Waals surface area contributed by atoms with E-state index in [4.69, 9.17) is 4.74 Å².